The standard InChI is InChI=1S/C22H36N4O2.HI/c1-4-23-22(24-14-10-16-26-15-9-5-6-13-21(26)27)25-17-18(2)19-11-7-8-12-20(19)28-3;/h7-8,11-12,18H,4-6,9-10,13-17H2,1-3H3,(H2,23,24,25);1H. The number of hydrogen-bond acceptors (Lipinski definition) is 3. The molecule has 1 aromatic carbocycles. The molecule has 1 unspecified atom stereocenters. The van der Waals surface area contributed by atoms with Gasteiger partial charge in [0.15, 0.2) is 5.96 Å². The molecule has 0 spiro atoms. The highest BCUT2D eigenvalue weighted by Gasteiger charge is 2.15. The molecule has 1 heterocycles. The van der Waals surface area contributed by atoms with Crippen molar-refractivity contribution in [3.63, 3.8) is 0 Å². The molecule has 0 aliphatic carbocycles. The van der Waals surface area contributed by atoms with Gasteiger partial charge in [-0.2, -0.15) is 0 Å². The van der Waals surface area contributed by atoms with E-state index in [2.05, 4.69) is 30.5 Å². The zero-order valence-electron chi connectivity index (χ0n) is 18.1. The van der Waals surface area contributed by atoms with Crippen molar-refractivity contribution in [1.29, 1.82) is 0 Å². The van der Waals surface area contributed by atoms with Crippen LogP contribution in [0.4, 0.5) is 0 Å². The van der Waals surface area contributed by atoms with E-state index >= 15 is 0 Å². The lowest BCUT2D eigenvalue weighted by Gasteiger charge is -2.21. The highest BCUT2D eigenvalue weighted by atomic mass is 127. The van der Waals surface area contributed by atoms with Gasteiger partial charge in [-0.1, -0.05) is 31.5 Å². The summed E-state index contributed by atoms with van der Waals surface area (Å²) in [6.45, 7) is 8.26. The average molecular weight is 516 g/mol. The number of hydrogen-bond donors (Lipinski definition) is 2. The van der Waals surface area contributed by atoms with Crippen molar-refractivity contribution in [2.24, 2.45) is 4.99 Å². The van der Waals surface area contributed by atoms with Gasteiger partial charge in [-0.15, -0.1) is 24.0 Å². The Morgan fingerprint density at radius 3 is 2.79 bits per heavy atom. The lowest BCUT2D eigenvalue weighted by atomic mass is 10.0. The number of amides is 1. The number of benzene rings is 1. The Morgan fingerprint density at radius 1 is 1.24 bits per heavy atom. The monoisotopic (exact) mass is 516 g/mol. The van der Waals surface area contributed by atoms with Gasteiger partial charge in [-0.25, -0.2) is 0 Å². The summed E-state index contributed by atoms with van der Waals surface area (Å²) in [6, 6.07) is 8.10. The maximum atomic E-state index is 12.1. The summed E-state index contributed by atoms with van der Waals surface area (Å²) in [7, 11) is 1.70. The zero-order chi connectivity index (χ0) is 20.2. The van der Waals surface area contributed by atoms with Gasteiger partial charge in [-0.05, 0) is 37.8 Å². The smallest absolute Gasteiger partial charge is 0.222 e. The molecule has 164 valence electrons. The van der Waals surface area contributed by atoms with E-state index in [9.17, 15) is 4.79 Å². The van der Waals surface area contributed by atoms with Crippen LogP contribution in [0.15, 0.2) is 29.3 Å². The molecule has 0 saturated carbocycles. The second-order valence-electron chi connectivity index (χ2n) is 7.33. The summed E-state index contributed by atoms with van der Waals surface area (Å²) in [5.41, 5.74) is 1.17. The Morgan fingerprint density at radius 2 is 2.03 bits per heavy atom. The molecule has 1 amide bonds. The molecule has 2 rings (SSSR count). The number of nitrogens with zero attached hydrogens (tertiary/aromatic N) is 2. The molecular formula is C22H37IN4O2. The fraction of sp³-hybridized carbons (Fsp3) is 0.636. The minimum Gasteiger partial charge on any atom is -0.496 e. The number of guanidine groups is 1. The molecule has 0 bridgehead atoms. The third-order valence-electron chi connectivity index (χ3n) is 5.11. The Hall–Kier alpha value is -1.51. The summed E-state index contributed by atoms with van der Waals surface area (Å²) in [5, 5.41) is 6.70. The molecule has 2 N–H and O–H groups in total. The first-order valence-electron chi connectivity index (χ1n) is 10.6. The van der Waals surface area contributed by atoms with Gasteiger partial charge < -0.3 is 20.3 Å². The predicted molar refractivity (Wildman–Crippen MR) is 130 cm³/mol. The molecule has 1 aliphatic rings. The van der Waals surface area contributed by atoms with Crippen LogP contribution in [0.25, 0.3) is 0 Å². The molecule has 0 radical (unpaired) electrons. The number of methoxy groups -OCH3 is 1. The van der Waals surface area contributed by atoms with Crippen LogP contribution in [-0.4, -0.2) is 56.6 Å². The van der Waals surface area contributed by atoms with Gasteiger partial charge in [0.25, 0.3) is 0 Å². The van der Waals surface area contributed by atoms with Crippen LogP contribution < -0.4 is 15.4 Å². The number of para-hydroxylation sites is 1. The zero-order valence-corrected chi connectivity index (χ0v) is 20.4. The molecule has 29 heavy (non-hydrogen) atoms. The number of likely N-dealkylation sites (tertiary alicyclic amines) is 1. The lowest BCUT2D eigenvalue weighted by Crippen LogP contribution is -2.39. The molecule has 7 heteroatoms. The summed E-state index contributed by atoms with van der Waals surface area (Å²) in [5.74, 6) is 2.31. The lowest BCUT2D eigenvalue weighted by molar-refractivity contribution is -0.130. The number of halogens is 1. The summed E-state index contributed by atoms with van der Waals surface area (Å²) >= 11 is 0. The molecular weight excluding hydrogens is 479 g/mol. The maximum Gasteiger partial charge on any atom is 0.222 e. The van der Waals surface area contributed by atoms with Gasteiger partial charge in [-0.3, -0.25) is 9.79 Å². The van der Waals surface area contributed by atoms with Crippen LogP contribution in [0.2, 0.25) is 0 Å². The van der Waals surface area contributed by atoms with E-state index in [1.165, 1.54) is 12.0 Å². The predicted octanol–water partition coefficient (Wildman–Crippen LogP) is 3.76. The van der Waals surface area contributed by atoms with Crippen molar-refractivity contribution in [1.82, 2.24) is 15.5 Å². The molecule has 1 fully saturated rings. The van der Waals surface area contributed by atoms with Crippen LogP contribution in [0.3, 0.4) is 0 Å². The quantitative estimate of drug-likeness (QED) is 0.227. The Labute approximate surface area is 192 Å². The van der Waals surface area contributed by atoms with Crippen molar-refractivity contribution in [3.8, 4) is 5.75 Å². The van der Waals surface area contributed by atoms with Crippen molar-refractivity contribution >= 4 is 35.8 Å². The fourth-order valence-corrected chi connectivity index (χ4v) is 3.49. The Kier molecular flexibility index (Phi) is 12.7. The molecule has 0 aromatic heterocycles. The van der Waals surface area contributed by atoms with E-state index < -0.39 is 0 Å². The molecule has 6 nitrogen and oxygen atoms in total. The topological polar surface area (TPSA) is 66.0 Å². The first-order valence-corrected chi connectivity index (χ1v) is 10.6. The van der Waals surface area contributed by atoms with E-state index in [1.54, 1.807) is 7.11 Å². The van der Waals surface area contributed by atoms with E-state index in [-0.39, 0.29) is 29.9 Å². The van der Waals surface area contributed by atoms with Gasteiger partial charge in [0.05, 0.1) is 7.11 Å². The van der Waals surface area contributed by atoms with Crippen LogP contribution in [0.5, 0.6) is 5.75 Å². The van der Waals surface area contributed by atoms with Crippen molar-refractivity contribution < 1.29 is 9.53 Å². The van der Waals surface area contributed by atoms with Crippen LogP contribution in [0, 0.1) is 0 Å². The molecule has 1 aliphatic heterocycles. The van der Waals surface area contributed by atoms with E-state index in [0.717, 1.165) is 57.2 Å². The number of carbonyl (C=O) groups is 1. The van der Waals surface area contributed by atoms with Crippen molar-refractivity contribution in [3.05, 3.63) is 29.8 Å². The number of nitrogens with one attached hydrogen (secondary N) is 2. The highest BCUT2D eigenvalue weighted by molar-refractivity contribution is 14.0. The number of carbonyl (C=O) groups excluding carboxylic acids is 1. The molecule has 1 saturated heterocycles. The van der Waals surface area contributed by atoms with Gasteiger partial charge in [0.1, 0.15) is 5.75 Å². The second kappa shape index (κ2) is 14.5. The first kappa shape index (κ1) is 25.5. The SMILES string of the molecule is CCNC(=NCC(C)c1ccccc1OC)NCCCN1CCCCCC1=O.I. The third-order valence-corrected chi connectivity index (χ3v) is 5.11. The van der Waals surface area contributed by atoms with Gasteiger partial charge >= 0.3 is 0 Å². The van der Waals surface area contributed by atoms with E-state index in [4.69, 9.17) is 9.73 Å². The normalized spacial score (nSPS) is 15.9. The van der Waals surface area contributed by atoms with Crippen LogP contribution in [0.1, 0.15) is 57.4 Å². The second-order valence-corrected chi connectivity index (χ2v) is 7.33. The average Bonchev–Trinajstić information content (AvgIpc) is 2.93. The summed E-state index contributed by atoms with van der Waals surface area (Å²) < 4.78 is 5.46. The minimum absolute atomic E-state index is 0. The molecule has 1 atom stereocenters. The Balaban J connectivity index is 0.00000420. The van der Waals surface area contributed by atoms with E-state index in [1.807, 2.05) is 23.1 Å². The third kappa shape index (κ3) is 8.80. The number of ether oxygens (including phenoxy) is 1. The van der Waals surface area contributed by atoms with Crippen LogP contribution in [-0.2, 0) is 4.79 Å². The largest absolute Gasteiger partial charge is 0.496 e. The van der Waals surface area contributed by atoms with Gasteiger partial charge in [0.2, 0.25) is 5.91 Å². The first-order chi connectivity index (χ1) is 13.7. The maximum absolute atomic E-state index is 12.1. The van der Waals surface area contributed by atoms with Crippen molar-refractivity contribution in [2.45, 2.75) is 51.9 Å². The summed E-state index contributed by atoms with van der Waals surface area (Å²) in [6.07, 6.45) is 4.97. The highest BCUT2D eigenvalue weighted by Crippen LogP contribution is 2.26. The summed E-state index contributed by atoms with van der Waals surface area (Å²) in [4.78, 5) is 18.8. The van der Waals surface area contributed by atoms with Crippen molar-refractivity contribution in [2.75, 3.05) is 39.8 Å². The van der Waals surface area contributed by atoms with E-state index in [0.29, 0.717) is 18.9 Å². The fourth-order valence-electron chi connectivity index (χ4n) is 3.49. The molecule has 1 aromatic rings. The van der Waals surface area contributed by atoms with Gasteiger partial charge in [0, 0.05) is 45.1 Å². The minimum atomic E-state index is 0. The number of rotatable bonds is 9. The number of aliphatic imine (C=N–C) groups is 1. The van der Waals surface area contributed by atoms with Crippen LogP contribution >= 0.6 is 24.0 Å². The Bertz CT molecular complexity index is 639.